The molecule has 0 spiro atoms. The number of hydrogen-bond donors (Lipinski definition) is 0. The SMILES string of the molecule is CC1(C)c2ccccc2-c2ccc(Br)cc21.CC1(C)c2ccccc2-c2ccc(N(c3ccccc3)c3ccc(-n4c5ccccc5c5ccccc54)cc3)cc21.c1ccc(Cc2ccc(-n3c4ccccc4c4ccccc43)cc2)cc1. The van der Waals surface area contributed by atoms with Crippen LogP contribution in [0.2, 0.25) is 0 Å². The third kappa shape index (κ3) is 9.15. The Hall–Kier alpha value is -9.48. The molecule has 83 heavy (non-hydrogen) atoms. The quantitative estimate of drug-likeness (QED) is 0.155. The van der Waals surface area contributed by atoms with E-state index in [1.807, 2.05) is 0 Å². The van der Waals surface area contributed by atoms with Crippen molar-refractivity contribution >= 4 is 76.6 Å². The number of anilines is 3. The van der Waals surface area contributed by atoms with Crippen LogP contribution >= 0.6 is 15.9 Å². The predicted molar refractivity (Wildman–Crippen MR) is 355 cm³/mol. The van der Waals surface area contributed by atoms with E-state index in [1.54, 1.807) is 0 Å². The molecular formula is C79H62BrN3. The molecule has 2 aliphatic rings. The molecule has 2 aromatic heterocycles. The third-order valence-corrected chi connectivity index (χ3v) is 17.9. The van der Waals surface area contributed by atoms with Gasteiger partial charge in [0.25, 0.3) is 0 Å². The third-order valence-electron chi connectivity index (χ3n) is 17.4. The molecule has 0 aliphatic heterocycles. The summed E-state index contributed by atoms with van der Waals surface area (Å²) in [6, 6.07) is 105. The van der Waals surface area contributed by atoms with Crippen LogP contribution in [0.3, 0.4) is 0 Å². The Kier molecular flexibility index (Phi) is 13.1. The molecule has 2 aliphatic carbocycles. The Morgan fingerprint density at radius 2 is 0.651 bits per heavy atom. The van der Waals surface area contributed by atoms with Gasteiger partial charge in [0.05, 0.1) is 22.1 Å². The second kappa shape index (κ2) is 21.1. The number of halogens is 1. The van der Waals surface area contributed by atoms with Gasteiger partial charge in [-0.05, 0) is 159 Å². The standard InChI is InChI=1S/C39H30N2.C25H19N.C15H13Br/c1-39(2)35-17-9-6-14-31(35)32-25-24-30(26-36(32)39)40(27-12-4-3-5-13-27)28-20-22-29(23-21-28)41-37-18-10-7-15-33(37)34-16-8-11-19-38(34)41;1-2-8-19(9-3-1)18-20-14-16-21(17-15-20)26-24-12-6-4-10-22(24)23-11-5-7-13-25(23)26;1-15(2)13-6-4-3-5-11(13)12-8-7-10(16)9-14(12)15/h3-26H,1-2H3;1-17H,18H2;3-9H,1-2H3. The first-order valence-corrected chi connectivity index (χ1v) is 29.6. The van der Waals surface area contributed by atoms with Crippen LogP contribution < -0.4 is 4.90 Å². The van der Waals surface area contributed by atoms with Crippen molar-refractivity contribution in [1.82, 2.24) is 9.13 Å². The largest absolute Gasteiger partial charge is 0.310 e. The first-order chi connectivity index (χ1) is 40.6. The molecule has 0 fully saturated rings. The molecule has 0 saturated heterocycles. The fourth-order valence-electron chi connectivity index (χ4n) is 13.3. The Balaban J connectivity index is 0.000000124. The van der Waals surface area contributed by atoms with Crippen LogP contribution in [0.25, 0.3) is 77.2 Å². The van der Waals surface area contributed by atoms with Crippen LogP contribution in [0.15, 0.2) is 296 Å². The first-order valence-electron chi connectivity index (χ1n) is 28.8. The molecule has 12 aromatic carbocycles. The topological polar surface area (TPSA) is 13.1 Å². The molecule has 4 heteroatoms. The molecule has 0 amide bonds. The van der Waals surface area contributed by atoms with Gasteiger partial charge in [0.1, 0.15) is 0 Å². The normalized spacial score (nSPS) is 13.1. The van der Waals surface area contributed by atoms with E-state index < -0.39 is 0 Å². The van der Waals surface area contributed by atoms with Crippen molar-refractivity contribution < 1.29 is 0 Å². The van der Waals surface area contributed by atoms with Gasteiger partial charge in [-0.25, -0.2) is 0 Å². The lowest BCUT2D eigenvalue weighted by molar-refractivity contribution is 0.660. The molecule has 0 N–H and O–H groups in total. The number of fused-ring (bicyclic) bond motifs is 12. The van der Waals surface area contributed by atoms with E-state index in [9.17, 15) is 0 Å². The molecule has 14 aromatic rings. The number of hydrogen-bond acceptors (Lipinski definition) is 1. The molecule has 0 radical (unpaired) electrons. The lowest BCUT2D eigenvalue weighted by atomic mass is 9.82. The first kappa shape index (κ1) is 51.7. The molecule has 0 bridgehead atoms. The van der Waals surface area contributed by atoms with Crippen LogP contribution in [-0.2, 0) is 17.3 Å². The van der Waals surface area contributed by atoms with Crippen molar-refractivity contribution in [3.8, 4) is 33.6 Å². The molecule has 400 valence electrons. The van der Waals surface area contributed by atoms with Crippen LogP contribution in [0.4, 0.5) is 17.1 Å². The van der Waals surface area contributed by atoms with Crippen molar-refractivity contribution in [2.24, 2.45) is 0 Å². The summed E-state index contributed by atoms with van der Waals surface area (Å²) in [7, 11) is 0. The summed E-state index contributed by atoms with van der Waals surface area (Å²) in [4.78, 5) is 2.37. The second-order valence-corrected chi connectivity index (χ2v) is 23.9. The second-order valence-electron chi connectivity index (χ2n) is 23.0. The summed E-state index contributed by atoms with van der Waals surface area (Å²) in [5.41, 5.74) is 24.6. The van der Waals surface area contributed by atoms with Gasteiger partial charge in [0.15, 0.2) is 0 Å². The van der Waals surface area contributed by atoms with Crippen LogP contribution in [0.1, 0.15) is 61.1 Å². The maximum absolute atomic E-state index is 3.56. The molecule has 0 unspecified atom stereocenters. The van der Waals surface area contributed by atoms with Gasteiger partial charge >= 0.3 is 0 Å². The van der Waals surface area contributed by atoms with Crippen LogP contribution in [-0.4, -0.2) is 9.13 Å². The minimum absolute atomic E-state index is 0.0509. The number of benzene rings is 12. The molecule has 3 nitrogen and oxygen atoms in total. The zero-order chi connectivity index (χ0) is 56.2. The molecule has 2 heterocycles. The fourth-order valence-corrected chi connectivity index (χ4v) is 13.6. The summed E-state index contributed by atoms with van der Waals surface area (Å²) in [6.45, 7) is 9.28. The van der Waals surface area contributed by atoms with Gasteiger partial charge in [-0.2, -0.15) is 0 Å². The lowest BCUT2D eigenvalue weighted by Gasteiger charge is -2.28. The molecule has 16 rings (SSSR count). The number of nitrogens with zero attached hydrogens (tertiary/aromatic N) is 3. The summed E-state index contributed by atoms with van der Waals surface area (Å²) < 4.78 is 5.89. The summed E-state index contributed by atoms with van der Waals surface area (Å²) in [5, 5.41) is 5.16. The van der Waals surface area contributed by atoms with Gasteiger partial charge in [-0.15, -0.1) is 0 Å². The fraction of sp³-hybridized carbons (Fsp3) is 0.0886. The Bertz CT molecular complexity index is 4590. The van der Waals surface area contributed by atoms with E-state index in [4.69, 9.17) is 0 Å². The van der Waals surface area contributed by atoms with Crippen molar-refractivity contribution in [1.29, 1.82) is 0 Å². The highest BCUT2D eigenvalue weighted by molar-refractivity contribution is 9.10. The van der Waals surface area contributed by atoms with E-state index in [0.717, 1.165) is 28.0 Å². The Morgan fingerprint density at radius 1 is 0.301 bits per heavy atom. The van der Waals surface area contributed by atoms with Gasteiger partial charge in [0, 0.05) is 65.3 Å². The monoisotopic (exact) mass is 1130 g/mol. The van der Waals surface area contributed by atoms with E-state index in [1.165, 1.54) is 111 Å². The highest BCUT2D eigenvalue weighted by atomic mass is 79.9. The highest BCUT2D eigenvalue weighted by Crippen LogP contribution is 2.51. The minimum atomic E-state index is -0.0509. The summed E-state index contributed by atoms with van der Waals surface area (Å²) in [6.07, 6.45) is 0.967. The average Bonchev–Trinajstić information content (AvgIpc) is 3.28. The smallest absolute Gasteiger partial charge is 0.0541 e. The van der Waals surface area contributed by atoms with E-state index in [0.29, 0.717) is 0 Å². The van der Waals surface area contributed by atoms with Crippen LogP contribution in [0, 0.1) is 0 Å². The molecule has 0 saturated carbocycles. The van der Waals surface area contributed by atoms with E-state index in [2.05, 4.69) is 349 Å². The lowest BCUT2D eigenvalue weighted by Crippen LogP contribution is -2.16. The van der Waals surface area contributed by atoms with Crippen molar-refractivity contribution in [2.75, 3.05) is 4.90 Å². The number of rotatable bonds is 7. The van der Waals surface area contributed by atoms with Gasteiger partial charge in [-0.3, -0.25) is 0 Å². The number of para-hydroxylation sites is 5. The van der Waals surface area contributed by atoms with E-state index >= 15 is 0 Å². The Labute approximate surface area is 495 Å². The highest BCUT2D eigenvalue weighted by Gasteiger charge is 2.37. The van der Waals surface area contributed by atoms with Gasteiger partial charge in [0.2, 0.25) is 0 Å². The van der Waals surface area contributed by atoms with Gasteiger partial charge < -0.3 is 14.0 Å². The number of aromatic nitrogens is 2. The minimum Gasteiger partial charge on any atom is -0.310 e. The molecule has 0 atom stereocenters. The van der Waals surface area contributed by atoms with Crippen molar-refractivity contribution in [2.45, 2.75) is 44.9 Å². The van der Waals surface area contributed by atoms with Crippen LogP contribution in [0.5, 0.6) is 0 Å². The zero-order valence-corrected chi connectivity index (χ0v) is 48.7. The molecular weight excluding hydrogens is 1070 g/mol. The average molecular weight is 1130 g/mol. The van der Waals surface area contributed by atoms with Crippen molar-refractivity contribution in [3.63, 3.8) is 0 Å². The zero-order valence-electron chi connectivity index (χ0n) is 47.1. The maximum Gasteiger partial charge on any atom is 0.0541 e. The summed E-state index contributed by atoms with van der Waals surface area (Å²) in [5.74, 6) is 0. The van der Waals surface area contributed by atoms with E-state index in [-0.39, 0.29) is 10.8 Å². The van der Waals surface area contributed by atoms with Gasteiger partial charge in [-0.1, -0.05) is 238 Å². The van der Waals surface area contributed by atoms with Crippen molar-refractivity contribution in [3.05, 3.63) is 329 Å². The maximum atomic E-state index is 3.56. The Morgan fingerprint density at radius 3 is 1.14 bits per heavy atom. The predicted octanol–water partition coefficient (Wildman–Crippen LogP) is 21.7. The summed E-state index contributed by atoms with van der Waals surface area (Å²) >= 11 is 3.56.